The SMILES string of the molecule is CC(=O)C(C)N(CC(C)C)N=O. The van der Waals surface area contributed by atoms with E-state index in [1.807, 2.05) is 13.8 Å². The average molecular weight is 172 g/mol. The first-order chi connectivity index (χ1) is 5.49. The van der Waals surface area contributed by atoms with E-state index in [0.717, 1.165) is 0 Å². The number of Topliss-reactive ketones (excluding diaryl/α,β-unsaturated/α-hetero) is 1. The Morgan fingerprint density at radius 1 is 1.42 bits per heavy atom. The van der Waals surface area contributed by atoms with Gasteiger partial charge in [-0.15, -0.1) is 4.91 Å². The van der Waals surface area contributed by atoms with Crippen LogP contribution < -0.4 is 0 Å². The molecule has 0 fully saturated rings. The standard InChI is InChI=1S/C8H16N2O2/c1-6(2)5-10(9-12)7(3)8(4)11/h6-7H,5H2,1-4H3. The lowest BCUT2D eigenvalue weighted by Crippen LogP contribution is -2.35. The van der Waals surface area contributed by atoms with Gasteiger partial charge in [-0.05, 0) is 19.8 Å². The van der Waals surface area contributed by atoms with E-state index < -0.39 is 6.04 Å². The maximum atomic E-state index is 10.9. The molecule has 0 aromatic carbocycles. The molecule has 70 valence electrons. The summed E-state index contributed by atoms with van der Waals surface area (Å²) in [6.45, 7) is 7.63. The molecule has 0 aromatic rings. The van der Waals surface area contributed by atoms with Crippen molar-refractivity contribution in [2.24, 2.45) is 11.2 Å². The fourth-order valence-electron chi connectivity index (χ4n) is 0.846. The quantitative estimate of drug-likeness (QED) is 0.467. The van der Waals surface area contributed by atoms with Crippen LogP contribution in [0.3, 0.4) is 0 Å². The summed E-state index contributed by atoms with van der Waals surface area (Å²) in [5.41, 5.74) is 0. The second-order valence-electron chi connectivity index (χ2n) is 3.38. The summed E-state index contributed by atoms with van der Waals surface area (Å²) in [6.07, 6.45) is 0. The Hall–Kier alpha value is -0.930. The topological polar surface area (TPSA) is 49.7 Å². The van der Waals surface area contributed by atoms with Crippen molar-refractivity contribution in [3.63, 3.8) is 0 Å². The normalized spacial score (nSPS) is 12.8. The van der Waals surface area contributed by atoms with Gasteiger partial charge in [0.1, 0.15) is 6.04 Å². The van der Waals surface area contributed by atoms with Crippen molar-refractivity contribution in [3.05, 3.63) is 4.91 Å². The lowest BCUT2D eigenvalue weighted by molar-refractivity contribution is -0.121. The van der Waals surface area contributed by atoms with Crippen LogP contribution >= 0.6 is 0 Å². The van der Waals surface area contributed by atoms with Gasteiger partial charge >= 0.3 is 0 Å². The Morgan fingerprint density at radius 2 is 1.92 bits per heavy atom. The second-order valence-corrected chi connectivity index (χ2v) is 3.38. The summed E-state index contributed by atoms with van der Waals surface area (Å²) in [7, 11) is 0. The van der Waals surface area contributed by atoms with Crippen molar-refractivity contribution >= 4 is 5.78 Å². The third-order valence-electron chi connectivity index (χ3n) is 1.69. The van der Waals surface area contributed by atoms with Crippen LogP contribution in [0.25, 0.3) is 0 Å². The zero-order chi connectivity index (χ0) is 9.72. The number of rotatable bonds is 5. The third-order valence-corrected chi connectivity index (χ3v) is 1.69. The zero-order valence-electron chi connectivity index (χ0n) is 8.07. The van der Waals surface area contributed by atoms with Crippen LogP contribution in [-0.4, -0.2) is 23.4 Å². The van der Waals surface area contributed by atoms with Crippen molar-refractivity contribution in [2.75, 3.05) is 6.54 Å². The van der Waals surface area contributed by atoms with Crippen molar-refractivity contribution in [3.8, 4) is 0 Å². The summed E-state index contributed by atoms with van der Waals surface area (Å²) in [6, 6.07) is -0.398. The predicted molar refractivity (Wildman–Crippen MR) is 47.5 cm³/mol. The molecule has 0 aromatic heterocycles. The van der Waals surface area contributed by atoms with Crippen molar-refractivity contribution in [2.45, 2.75) is 33.7 Å². The summed E-state index contributed by atoms with van der Waals surface area (Å²) in [4.78, 5) is 21.2. The van der Waals surface area contributed by atoms with Crippen LogP contribution in [0, 0.1) is 10.8 Å². The van der Waals surface area contributed by atoms with Crippen LogP contribution in [0.4, 0.5) is 0 Å². The molecule has 0 N–H and O–H groups in total. The fraction of sp³-hybridized carbons (Fsp3) is 0.875. The number of carbonyl (C=O) groups excluding carboxylic acids is 1. The minimum absolute atomic E-state index is 0.0322. The van der Waals surface area contributed by atoms with E-state index in [4.69, 9.17) is 0 Å². The Bertz CT molecular complexity index is 168. The largest absolute Gasteiger partial charge is 0.298 e. The molecule has 0 aliphatic carbocycles. The molecule has 0 aliphatic heterocycles. The summed E-state index contributed by atoms with van der Waals surface area (Å²) in [5.74, 6) is 0.305. The van der Waals surface area contributed by atoms with E-state index in [2.05, 4.69) is 5.29 Å². The highest BCUT2D eigenvalue weighted by molar-refractivity contribution is 5.80. The third kappa shape index (κ3) is 3.46. The van der Waals surface area contributed by atoms with Gasteiger partial charge in [-0.1, -0.05) is 13.8 Å². The predicted octanol–water partition coefficient (Wildman–Crippen LogP) is 1.60. The number of ketones is 1. The first-order valence-electron chi connectivity index (χ1n) is 4.09. The summed E-state index contributed by atoms with van der Waals surface area (Å²) >= 11 is 0. The summed E-state index contributed by atoms with van der Waals surface area (Å²) in [5, 5.41) is 4.10. The van der Waals surface area contributed by atoms with Gasteiger partial charge < -0.3 is 0 Å². The molecule has 0 saturated carbocycles. The highest BCUT2D eigenvalue weighted by atomic mass is 16.3. The fourth-order valence-corrected chi connectivity index (χ4v) is 0.846. The van der Waals surface area contributed by atoms with Gasteiger partial charge in [0, 0.05) is 6.54 Å². The molecule has 0 heterocycles. The van der Waals surface area contributed by atoms with Gasteiger partial charge in [0.05, 0.1) is 5.29 Å². The Labute approximate surface area is 72.9 Å². The molecule has 0 saturated heterocycles. The number of nitroso groups, excluding NO2 is 1. The van der Waals surface area contributed by atoms with Gasteiger partial charge in [0.2, 0.25) is 0 Å². The van der Waals surface area contributed by atoms with Crippen molar-refractivity contribution < 1.29 is 4.79 Å². The highest BCUT2D eigenvalue weighted by Crippen LogP contribution is 2.05. The van der Waals surface area contributed by atoms with Crippen molar-refractivity contribution in [1.29, 1.82) is 0 Å². The van der Waals surface area contributed by atoms with Crippen LogP contribution in [0.5, 0.6) is 0 Å². The highest BCUT2D eigenvalue weighted by Gasteiger charge is 2.17. The zero-order valence-corrected chi connectivity index (χ0v) is 8.07. The molecule has 0 rings (SSSR count). The van der Waals surface area contributed by atoms with Gasteiger partial charge in [0.15, 0.2) is 5.78 Å². The molecule has 0 amide bonds. The smallest absolute Gasteiger partial charge is 0.153 e. The molecule has 1 unspecified atom stereocenters. The molecule has 12 heavy (non-hydrogen) atoms. The van der Waals surface area contributed by atoms with Gasteiger partial charge in [-0.3, -0.25) is 9.80 Å². The first kappa shape index (κ1) is 11.1. The van der Waals surface area contributed by atoms with Crippen LogP contribution in [0.2, 0.25) is 0 Å². The van der Waals surface area contributed by atoms with E-state index in [1.165, 1.54) is 11.9 Å². The number of nitrogens with zero attached hydrogens (tertiary/aromatic N) is 2. The lowest BCUT2D eigenvalue weighted by atomic mass is 10.1. The van der Waals surface area contributed by atoms with Crippen LogP contribution in [0.15, 0.2) is 5.29 Å². The monoisotopic (exact) mass is 172 g/mol. The van der Waals surface area contributed by atoms with E-state index in [1.54, 1.807) is 6.92 Å². The molecule has 0 bridgehead atoms. The van der Waals surface area contributed by atoms with Gasteiger partial charge in [-0.2, -0.15) is 0 Å². The maximum Gasteiger partial charge on any atom is 0.153 e. The summed E-state index contributed by atoms with van der Waals surface area (Å²) < 4.78 is 0. The Morgan fingerprint density at radius 3 is 2.17 bits per heavy atom. The average Bonchev–Trinajstić information content (AvgIpc) is 1.98. The first-order valence-corrected chi connectivity index (χ1v) is 4.09. The Balaban J connectivity index is 4.14. The van der Waals surface area contributed by atoms with E-state index in [9.17, 15) is 9.70 Å². The van der Waals surface area contributed by atoms with Crippen LogP contribution in [-0.2, 0) is 4.79 Å². The van der Waals surface area contributed by atoms with Crippen LogP contribution in [0.1, 0.15) is 27.7 Å². The van der Waals surface area contributed by atoms with Crippen molar-refractivity contribution in [1.82, 2.24) is 5.01 Å². The molecule has 0 aliphatic rings. The van der Waals surface area contributed by atoms with Gasteiger partial charge in [-0.25, -0.2) is 0 Å². The van der Waals surface area contributed by atoms with Gasteiger partial charge in [0.25, 0.3) is 0 Å². The van der Waals surface area contributed by atoms with E-state index in [0.29, 0.717) is 12.5 Å². The molecule has 1 atom stereocenters. The molecule has 0 radical (unpaired) electrons. The minimum Gasteiger partial charge on any atom is -0.298 e. The molecule has 0 spiro atoms. The lowest BCUT2D eigenvalue weighted by Gasteiger charge is -2.22. The Kier molecular flexibility index (Phi) is 4.47. The second kappa shape index (κ2) is 4.85. The number of hydrogen-bond acceptors (Lipinski definition) is 3. The van der Waals surface area contributed by atoms with E-state index in [-0.39, 0.29) is 5.78 Å². The number of hydrogen-bond donors (Lipinski definition) is 0. The molecule has 4 heteroatoms. The molecule has 4 nitrogen and oxygen atoms in total. The molecular weight excluding hydrogens is 156 g/mol. The maximum absolute atomic E-state index is 10.9. The number of carbonyl (C=O) groups is 1. The minimum atomic E-state index is -0.398. The molecular formula is C8H16N2O2. The van der Waals surface area contributed by atoms with E-state index >= 15 is 0 Å².